The van der Waals surface area contributed by atoms with Gasteiger partial charge in [-0.15, -0.1) is 0 Å². The normalized spacial score (nSPS) is 11.5. The predicted molar refractivity (Wildman–Crippen MR) is 250 cm³/mol. The second-order valence-electron chi connectivity index (χ2n) is 15.7. The standard InChI is InChI=1S/C52H50N2P2/c1-33-21-34(2)26-43(25-33)55(44-27-35(3)22-36(4)28-44)53-49-19-17-41-13-9-11-15-47(41)51(49)52-48-16-12-10-14-42(48)18-20-50(52)54-56(45-29-37(5)23-38(6)30-45)46-31-39(7)24-40(8)32-46/h9-32,53-54H,1-8H3. The second-order valence-corrected chi connectivity index (χ2v) is 19.6. The molecule has 0 fully saturated rings. The second kappa shape index (κ2) is 15.7. The van der Waals surface area contributed by atoms with Crippen molar-refractivity contribution in [1.82, 2.24) is 0 Å². The highest BCUT2D eigenvalue weighted by atomic mass is 31.1. The molecule has 0 amide bonds. The van der Waals surface area contributed by atoms with Crippen molar-refractivity contribution in [3.8, 4) is 11.1 Å². The van der Waals surface area contributed by atoms with Crippen molar-refractivity contribution in [1.29, 1.82) is 0 Å². The number of benzene rings is 8. The largest absolute Gasteiger partial charge is 0.356 e. The highest BCUT2D eigenvalue weighted by molar-refractivity contribution is 7.74. The van der Waals surface area contributed by atoms with Crippen molar-refractivity contribution < 1.29 is 0 Å². The molecule has 8 rings (SSSR count). The molecule has 0 aliphatic rings. The molecule has 0 aliphatic heterocycles. The van der Waals surface area contributed by atoms with Gasteiger partial charge in [0, 0.05) is 43.7 Å². The summed E-state index contributed by atoms with van der Waals surface area (Å²) in [6.45, 7) is 17.7. The number of hydrogen-bond acceptors (Lipinski definition) is 2. The van der Waals surface area contributed by atoms with Crippen molar-refractivity contribution in [3.05, 3.63) is 190 Å². The van der Waals surface area contributed by atoms with E-state index < -0.39 is 16.1 Å². The Morgan fingerprint density at radius 1 is 0.304 bits per heavy atom. The zero-order chi connectivity index (χ0) is 39.1. The average molecular weight is 765 g/mol. The van der Waals surface area contributed by atoms with Gasteiger partial charge in [-0.1, -0.05) is 129 Å². The lowest BCUT2D eigenvalue weighted by atomic mass is 9.91. The first-order valence-corrected chi connectivity index (χ1v) is 22.2. The molecule has 8 aromatic carbocycles. The lowest BCUT2D eigenvalue weighted by molar-refractivity contribution is 1.40. The van der Waals surface area contributed by atoms with E-state index in [1.54, 1.807) is 0 Å². The lowest BCUT2D eigenvalue weighted by Crippen LogP contribution is -2.20. The summed E-state index contributed by atoms with van der Waals surface area (Å²) in [6, 6.07) is 55.0. The van der Waals surface area contributed by atoms with Crippen LogP contribution in [0.25, 0.3) is 32.7 Å². The van der Waals surface area contributed by atoms with Crippen LogP contribution in [0.15, 0.2) is 146 Å². The maximum Gasteiger partial charge on any atom is 0.0523 e. The molecule has 2 N–H and O–H groups in total. The fourth-order valence-corrected chi connectivity index (χ4v) is 13.0. The molecule has 0 aromatic heterocycles. The van der Waals surface area contributed by atoms with Gasteiger partial charge in [0.25, 0.3) is 0 Å². The molecule has 0 bridgehead atoms. The molecular formula is C52H50N2P2. The fourth-order valence-electron chi connectivity index (χ4n) is 8.38. The Morgan fingerprint density at radius 3 is 0.857 bits per heavy atom. The molecule has 0 unspecified atom stereocenters. The summed E-state index contributed by atoms with van der Waals surface area (Å²) in [6.07, 6.45) is 0. The number of anilines is 2. The summed E-state index contributed by atoms with van der Waals surface area (Å²) in [5, 5.41) is 18.7. The number of nitrogens with one attached hydrogen (secondary N) is 2. The minimum atomic E-state index is -0.977. The van der Waals surface area contributed by atoms with Crippen molar-refractivity contribution in [2.24, 2.45) is 0 Å². The summed E-state index contributed by atoms with van der Waals surface area (Å²) in [4.78, 5) is 0. The van der Waals surface area contributed by atoms with Gasteiger partial charge in [-0.2, -0.15) is 0 Å². The van der Waals surface area contributed by atoms with Gasteiger partial charge in [0.05, 0.1) is 16.1 Å². The zero-order valence-electron chi connectivity index (χ0n) is 33.8. The maximum absolute atomic E-state index is 4.26. The van der Waals surface area contributed by atoms with Gasteiger partial charge in [0.2, 0.25) is 0 Å². The van der Waals surface area contributed by atoms with Crippen LogP contribution >= 0.6 is 16.1 Å². The molecule has 0 spiro atoms. The van der Waals surface area contributed by atoms with E-state index in [0.29, 0.717) is 0 Å². The Hall–Kier alpha value is -5.26. The third kappa shape index (κ3) is 7.88. The van der Waals surface area contributed by atoms with E-state index in [2.05, 4.69) is 211 Å². The molecule has 0 radical (unpaired) electrons. The van der Waals surface area contributed by atoms with E-state index in [-0.39, 0.29) is 0 Å². The predicted octanol–water partition coefficient (Wildman–Crippen LogP) is 13.0. The molecule has 0 heterocycles. The van der Waals surface area contributed by atoms with Crippen molar-refractivity contribution in [3.63, 3.8) is 0 Å². The van der Waals surface area contributed by atoms with E-state index in [1.165, 1.54) is 98.4 Å². The van der Waals surface area contributed by atoms with Gasteiger partial charge >= 0.3 is 0 Å². The van der Waals surface area contributed by atoms with Crippen LogP contribution in [0.2, 0.25) is 0 Å². The van der Waals surface area contributed by atoms with Gasteiger partial charge in [0.15, 0.2) is 0 Å². The van der Waals surface area contributed by atoms with Crippen LogP contribution in [0.5, 0.6) is 0 Å². The topological polar surface area (TPSA) is 24.1 Å². The van der Waals surface area contributed by atoms with Crippen molar-refractivity contribution in [2.45, 2.75) is 55.4 Å². The Kier molecular flexibility index (Phi) is 10.6. The van der Waals surface area contributed by atoms with E-state index in [1.807, 2.05) is 0 Å². The van der Waals surface area contributed by atoms with Crippen molar-refractivity contribution in [2.75, 3.05) is 10.2 Å². The molecule has 56 heavy (non-hydrogen) atoms. The molecular weight excluding hydrogens is 715 g/mol. The molecule has 0 aliphatic carbocycles. The summed E-state index contributed by atoms with van der Waals surface area (Å²) >= 11 is 0. The highest BCUT2D eigenvalue weighted by Gasteiger charge is 2.24. The van der Waals surface area contributed by atoms with Crippen molar-refractivity contribution >= 4 is 70.3 Å². The number of rotatable bonds is 9. The number of hydrogen-bond donors (Lipinski definition) is 2. The molecule has 8 aromatic rings. The van der Waals surface area contributed by atoms with Gasteiger partial charge in [0.1, 0.15) is 0 Å². The van der Waals surface area contributed by atoms with Crippen LogP contribution in [0.4, 0.5) is 11.4 Å². The first-order valence-electron chi connectivity index (χ1n) is 19.5. The summed E-state index contributed by atoms with van der Waals surface area (Å²) in [5.74, 6) is 0. The number of aryl methyl sites for hydroxylation is 8. The van der Waals surface area contributed by atoms with Crippen LogP contribution in [0.1, 0.15) is 44.5 Å². The fraction of sp³-hybridized carbons (Fsp3) is 0.154. The molecule has 278 valence electrons. The van der Waals surface area contributed by atoms with E-state index in [4.69, 9.17) is 0 Å². The van der Waals surface area contributed by atoms with E-state index in [0.717, 1.165) is 11.4 Å². The Balaban J connectivity index is 1.40. The minimum absolute atomic E-state index is 0.977. The third-order valence-electron chi connectivity index (χ3n) is 10.4. The molecule has 2 nitrogen and oxygen atoms in total. The average Bonchev–Trinajstić information content (AvgIpc) is 3.14. The Labute approximate surface area is 335 Å². The molecule has 4 heteroatoms. The van der Waals surface area contributed by atoms with E-state index >= 15 is 0 Å². The van der Waals surface area contributed by atoms with E-state index in [9.17, 15) is 0 Å². The zero-order valence-corrected chi connectivity index (χ0v) is 35.5. The Morgan fingerprint density at radius 2 is 0.571 bits per heavy atom. The third-order valence-corrected chi connectivity index (χ3v) is 14.5. The Bertz CT molecular complexity index is 2390. The minimum Gasteiger partial charge on any atom is -0.356 e. The first kappa shape index (κ1) is 37.7. The molecule has 0 saturated carbocycles. The van der Waals surface area contributed by atoms with Crippen LogP contribution < -0.4 is 31.4 Å². The summed E-state index contributed by atoms with van der Waals surface area (Å²) in [7, 11) is -1.95. The smallest absolute Gasteiger partial charge is 0.0523 e. The van der Waals surface area contributed by atoms with Crippen LogP contribution in [0.3, 0.4) is 0 Å². The van der Waals surface area contributed by atoms with Crippen LogP contribution in [-0.4, -0.2) is 0 Å². The van der Waals surface area contributed by atoms with Gasteiger partial charge in [-0.05, 0) is 138 Å². The van der Waals surface area contributed by atoms with Gasteiger partial charge < -0.3 is 10.2 Å². The van der Waals surface area contributed by atoms with Gasteiger partial charge in [-0.3, -0.25) is 0 Å². The number of fused-ring (bicyclic) bond motifs is 2. The van der Waals surface area contributed by atoms with Crippen LogP contribution in [0, 0.1) is 55.4 Å². The van der Waals surface area contributed by atoms with Crippen LogP contribution in [-0.2, 0) is 0 Å². The summed E-state index contributed by atoms with van der Waals surface area (Å²) in [5.41, 5.74) is 15.0. The first-order chi connectivity index (χ1) is 27.0. The monoisotopic (exact) mass is 764 g/mol. The lowest BCUT2D eigenvalue weighted by Gasteiger charge is -2.28. The molecule has 0 atom stereocenters. The summed E-state index contributed by atoms with van der Waals surface area (Å²) < 4.78 is 0. The molecule has 0 saturated heterocycles. The highest BCUT2D eigenvalue weighted by Crippen LogP contribution is 2.49. The maximum atomic E-state index is 4.26. The van der Waals surface area contributed by atoms with Gasteiger partial charge in [-0.25, -0.2) is 0 Å². The SMILES string of the molecule is Cc1cc(C)cc(P(Nc2ccc3ccccc3c2-c2c(NP(c3cc(C)cc(C)c3)c3cc(C)cc(C)c3)ccc3ccccc23)c2cc(C)cc(C)c2)c1. The quantitative estimate of drug-likeness (QED) is 0.143.